The van der Waals surface area contributed by atoms with Crippen molar-refractivity contribution < 1.29 is 18.8 Å². The van der Waals surface area contributed by atoms with Crippen molar-refractivity contribution in [3.05, 3.63) is 60.1 Å². The lowest BCUT2D eigenvalue weighted by molar-refractivity contribution is -0.0347. The molecule has 2 heterocycles. The highest BCUT2D eigenvalue weighted by molar-refractivity contribution is 5.95. The van der Waals surface area contributed by atoms with Gasteiger partial charge in [-0.15, -0.1) is 0 Å². The molecule has 5 heteroatoms. The smallest absolute Gasteiger partial charge is 0.374 e. The summed E-state index contributed by atoms with van der Waals surface area (Å²) in [5.41, 5.74) is 1.49. The lowest BCUT2D eigenvalue weighted by Crippen LogP contribution is -2.35. The van der Waals surface area contributed by atoms with Gasteiger partial charge in [0.1, 0.15) is 17.9 Å². The summed E-state index contributed by atoms with van der Waals surface area (Å²) < 4.78 is 10.3. The van der Waals surface area contributed by atoms with Crippen LogP contribution in [0, 0.1) is 0 Å². The Balaban J connectivity index is 1.75. The van der Waals surface area contributed by atoms with Crippen molar-refractivity contribution >= 4 is 11.7 Å². The number of carbonyl (C=O) groups excluding carboxylic acids is 1. The third-order valence-corrected chi connectivity index (χ3v) is 3.78. The van der Waals surface area contributed by atoms with Crippen LogP contribution >= 0.6 is 0 Å². The normalized spacial score (nSPS) is 19.6. The zero-order chi connectivity index (χ0) is 16.3. The van der Waals surface area contributed by atoms with Crippen LogP contribution < -0.4 is 0 Å². The Morgan fingerprint density at radius 2 is 2.04 bits per heavy atom. The van der Waals surface area contributed by atoms with Gasteiger partial charge in [-0.25, -0.2) is 4.79 Å². The van der Waals surface area contributed by atoms with E-state index in [9.17, 15) is 4.79 Å². The summed E-state index contributed by atoms with van der Waals surface area (Å²) >= 11 is 0. The van der Waals surface area contributed by atoms with Crippen LogP contribution in [0.3, 0.4) is 0 Å². The Morgan fingerprint density at radius 3 is 2.74 bits per heavy atom. The molecule has 0 spiro atoms. The second-order valence-corrected chi connectivity index (χ2v) is 6.15. The van der Waals surface area contributed by atoms with Gasteiger partial charge in [0, 0.05) is 12.3 Å². The Hall–Kier alpha value is -2.56. The Kier molecular flexibility index (Phi) is 4.19. The highest BCUT2D eigenvalue weighted by atomic mass is 16.7. The van der Waals surface area contributed by atoms with Crippen LogP contribution in [0.25, 0.3) is 0 Å². The van der Waals surface area contributed by atoms with Gasteiger partial charge in [-0.1, -0.05) is 35.5 Å². The van der Waals surface area contributed by atoms with E-state index in [1.54, 1.807) is 12.1 Å². The van der Waals surface area contributed by atoms with Crippen LogP contribution in [0.1, 0.15) is 42.3 Å². The lowest BCUT2D eigenvalue weighted by atomic mass is 9.84. The molecule has 5 nitrogen and oxygen atoms in total. The average molecular weight is 313 g/mol. The summed E-state index contributed by atoms with van der Waals surface area (Å²) in [7, 11) is 0. The van der Waals surface area contributed by atoms with Crippen molar-refractivity contribution in [2.45, 2.75) is 31.8 Å². The number of esters is 1. The minimum atomic E-state index is -0.505. The number of furan rings is 1. The molecule has 1 unspecified atom stereocenters. The third-order valence-electron chi connectivity index (χ3n) is 3.78. The van der Waals surface area contributed by atoms with E-state index in [2.05, 4.69) is 17.3 Å². The molecule has 2 aromatic rings. The van der Waals surface area contributed by atoms with Crippen LogP contribution in [0.15, 0.2) is 58.3 Å². The van der Waals surface area contributed by atoms with E-state index in [1.807, 2.05) is 32.0 Å². The van der Waals surface area contributed by atoms with Crippen molar-refractivity contribution in [1.82, 2.24) is 0 Å². The Morgan fingerprint density at radius 1 is 1.26 bits per heavy atom. The van der Waals surface area contributed by atoms with Crippen molar-refractivity contribution in [3.63, 3.8) is 0 Å². The average Bonchev–Trinajstić information content (AvgIpc) is 3.08. The van der Waals surface area contributed by atoms with E-state index in [1.165, 1.54) is 6.26 Å². The summed E-state index contributed by atoms with van der Waals surface area (Å²) in [5.74, 6) is -0.266. The standard InChI is InChI=1S/C18H19NO4/c1-18(2)11-14(13-7-4-3-5-8-13)15(19-23-18)12-22-17(20)16-9-6-10-21-16/h3-10,14H,11-12H2,1-2H3. The molecule has 23 heavy (non-hydrogen) atoms. The quantitative estimate of drug-likeness (QED) is 0.806. The molecular formula is C18H19NO4. The van der Waals surface area contributed by atoms with Gasteiger partial charge in [-0.3, -0.25) is 0 Å². The summed E-state index contributed by atoms with van der Waals surface area (Å²) in [6.45, 7) is 4.07. The maximum atomic E-state index is 11.9. The van der Waals surface area contributed by atoms with Gasteiger partial charge >= 0.3 is 5.97 Å². The topological polar surface area (TPSA) is 61.0 Å². The van der Waals surface area contributed by atoms with Gasteiger partial charge in [0.2, 0.25) is 5.76 Å². The summed E-state index contributed by atoms with van der Waals surface area (Å²) in [6.07, 6.45) is 2.21. The van der Waals surface area contributed by atoms with Crippen molar-refractivity contribution in [2.24, 2.45) is 5.16 Å². The predicted octanol–water partition coefficient (Wildman–Crippen LogP) is 3.78. The van der Waals surface area contributed by atoms with Gasteiger partial charge in [0.15, 0.2) is 0 Å². The molecule has 1 atom stereocenters. The number of carbonyl (C=O) groups is 1. The fourth-order valence-electron chi connectivity index (χ4n) is 2.62. The zero-order valence-corrected chi connectivity index (χ0v) is 13.2. The van der Waals surface area contributed by atoms with E-state index in [0.29, 0.717) is 5.71 Å². The zero-order valence-electron chi connectivity index (χ0n) is 13.2. The van der Waals surface area contributed by atoms with E-state index in [0.717, 1.165) is 12.0 Å². The molecular weight excluding hydrogens is 294 g/mol. The first-order valence-electron chi connectivity index (χ1n) is 7.56. The van der Waals surface area contributed by atoms with E-state index < -0.39 is 5.97 Å². The second-order valence-electron chi connectivity index (χ2n) is 6.15. The number of ether oxygens (including phenoxy) is 1. The number of hydrogen-bond donors (Lipinski definition) is 0. The first-order chi connectivity index (χ1) is 11.1. The monoisotopic (exact) mass is 313 g/mol. The molecule has 120 valence electrons. The van der Waals surface area contributed by atoms with Crippen LogP contribution in [0.4, 0.5) is 0 Å². The fraction of sp³-hybridized carbons (Fsp3) is 0.333. The minimum absolute atomic E-state index is 0.0596. The predicted molar refractivity (Wildman–Crippen MR) is 85.4 cm³/mol. The maximum Gasteiger partial charge on any atom is 0.374 e. The van der Waals surface area contributed by atoms with Gasteiger partial charge in [0.05, 0.1) is 6.26 Å². The number of benzene rings is 1. The largest absolute Gasteiger partial charge is 0.457 e. The van der Waals surface area contributed by atoms with Gasteiger partial charge < -0.3 is 14.0 Å². The van der Waals surface area contributed by atoms with E-state index in [-0.39, 0.29) is 23.9 Å². The molecule has 1 aliphatic heterocycles. The van der Waals surface area contributed by atoms with E-state index in [4.69, 9.17) is 14.0 Å². The number of hydrogen-bond acceptors (Lipinski definition) is 5. The molecule has 0 radical (unpaired) electrons. The molecule has 1 aliphatic rings. The Labute approximate surface area is 134 Å². The van der Waals surface area contributed by atoms with Gasteiger partial charge in [0.25, 0.3) is 0 Å². The minimum Gasteiger partial charge on any atom is -0.457 e. The molecule has 0 saturated heterocycles. The molecule has 0 amide bonds. The second kappa shape index (κ2) is 6.28. The maximum absolute atomic E-state index is 11.9. The van der Waals surface area contributed by atoms with E-state index >= 15 is 0 Å². The number of oxime groups is 1. The number of nitrogens with zero attached hydrogens (tertiary/aromatic N) is 1. The molecule has 1 aromatic carbocycles. The van der Waals surface area contributed by atoms with Crippen molar-refractivity contribution in [3.8, 4) is 0 Å². The molecule has 0 bridgehead atoms. The summed E-state index contributed by atoms with van der Waals surface area (Å²) in [4.78, 5) is 17.4. The summed E-state index contributed by atoms with van der Waals surface area (Å²) in [6, 6.07) is 13.3. The molecule has 0 N–H and O–H groups in total. The molecule has 0 fully saturated rings. The SMILES string of the molecule is CC1(C)CC(c2ccccc2)C(COC(=O)c2ccco2)=NO1. The molecule has 1 aromatic heterocycles. The van der Waals surface area contributed by atoms with Gasteiger partial charge in [-0.2, -0.15) is 0 Å². The van der Waals surface area contributed by atoms with Crippen LogP contribution in [-0.2, 0) is 9.57 Å². The van der Waals surface area contributed by atoms with Crippen LogP contribution in [-0.4, -0.2) is 23.9 Å². The molecule has 0 aliphatic carbocycles. The fourth-order valence-corrected chi connectivity index (χ4v) is 2.62. The highest BCUT2D eigenvalue weighted by Gasteiger charge is 2.34. The highest BCUT2D eigenvalue weighted by Crippen LogP contribution is 2.34. The first-order valence-corrected chi connectivity index (χ1v) is 7.56. The summed E-state index contributed by atoms with van der Waals surface area (Å²) in [5, 5.41) is 4.20. The number of rotatable bonds is 4. The first kappa shape index (κ1) is 15.3. The van der Waals surface area contributed by atoms with Crippen molar-refractivity contribution in [1.29, 1.82) is 0 Å². The molecule has 0 saturated carbocycles. The van der Waals surface area contributed by atoms with Gasteiger partial charge in [-0.05, 0) is 31.5 Å². The van der Waals surface area contributed by atoms with Crippen molar-refractivity contribution in [2.75, 3.05) is 6.61 Å². The third kappa shape index (κ3) is 3.62. The van der Waals surface area contributed by atoms with Crippen LogP contribution in [0.5, 0.6) is 0 Å². The van der Waals surface area contributed by atoms with Crippen LogP contribution in [0.2, 0.25) is 0 Å². The lowest BCUT2D eigenvalue weighted by Gasteiger charge is -2.33. The Bertz CT molecular complexity index is 689. The molecule has 3 rings (SSSR count).